The fraction of sp³-hybridized carbons (Fsp3) is 0.281. The molecule has 4 heteroatoms. The summed E-state index contributed by atoms with van der Waals surface area (Å²) in [6.07, 6.45) is 7.28. The Hall–Kier alpha value is -3.58. The van der Waals surface area contributed by atoms with Crippen molar-refractivity contribution in [3.05, 3.63) is 106 Å². The number of aryl methyl sites for hydroxylation is 3. The molecule has 0 bridgehead atoms. The lowest BCUT2D eigenvalue weighted by atomic mass is 9.95. The van der Waals surface area contributed by atoms with Crippen LogP contribution in [0.25, 0.3) is 21.9 Å². The number of halogens is 3. The molecule has 0 heterocycles. The third-order valence-electron chi connectivity index (χ3n) is 6.76. The summed E-state index contributed by atoms with van der Waals surface area (Å²) < 4.78 is 45.1. The van der Waals surface area contributed by atoms with Gasteiger partial charge in [-0.15, -0.1) is 0 Å². The Labute approximate surface area is 211 Å². The highest BCUT2D eigenvalue weighted by Crippen LogP contribution is 2.32. The molecule has 0 radical (unpaired) electrons. The van der Waals surface area contributed by atoms with E-state index in [-0.39, 0.29) is 11.4 Å². The Morgan fingerprint density at radius 3 is 2.11 bits per heavy atom. The molecular formula is C32H30F3N. The van der Waals surface area contributed by atoms with Crippen molar-refractivity contribution in [1.29, 1.82) is 5.26 Å². The van der Waals surface area contributed by atoms with Gasteiger partial charge in [-0.3, -0.25) is 0 Å². The van der Waals surface area contributed by atoms with Crippen LogP contribution in [0.4, 0.5) is 13.2 Å². The van der Waals surface area contributed by atoms with Crippen molar-refractivity contribution < 1.29 is 13.2 Å². The quantitative estimate of drug-likeness (QED) is 0.206. The van der Waals surface area contributed by atoms with Crippen molar-refractivity contribution >= 4 is 10.8 Å². The van der Waals surface area contributed by atoms with Crippen LogP contribution in [0.1, 0.15) is 61.3 Å². The maximum Gasteiger partial charge on any atom is 0.134 e. The topological polar surface area (TPSA) is 23.8 Å². The van der Waals surface area contributed by atoms with Crippen molar-refractivity contribution in [2.24, 2.45) is 0 Å². The fourth-order valence-electron chi connectivity index (χ4n) is 4.69. The Morgan fingerprint density at radius 2 is 1.42 bits per heavy atom. The Kier molecular flexibility index (Phi) is 8.44. The largest absolute Gasteiger partial charge is 0.206 e. The number of nitrogens with zero attached hydrogens (tertiary/aromatic N) is 1. The molecule has 0 atom stereocenters. The van der Waals surface area contributed by atoms with E-state index in [1.807, 2.05) is 12.1 Å². The minimum Gasteiger partial charge on any atom is -0.206 e. The molecule has 0 aromatic heterocycles. The summed E-state index contributed by atoms with van der Waals surface area (Å²) in [6.45, 7) is 2.16. The number of unbranched alkanes of at least 4 members (excludes halogenated alkanes) is 4. The summed E-state index contributed by atoms with van der Waals surface area (Å²) in [5.41, 5.74) is 3.20. The van der Waals surface area contributed by atoms with E-state index in [0.29, 0.717) is 52.3 Å². The maximum absolute atomic E-state index is 15.2. The van der Waals surface area contributed by atoms with Crippen molar-refractivity contribution in [1.82, 2.24) is 0 Å². The predicted molar refractivity (Wildman–Crippen MR) is 140 cm³/mol. The molecule has 0 aliphatic heterocycles. The van der Waals surface area contributed by atoms with Gasteiger partial charge in [0.2, 0.25) is 0 Å². The number of fused-ring (bicyclic) bond motifs is 1. The van der Waals surface area contributed by atoms with Gasteiger partial charge in [-0.05, 0) is 83.7 Å². The third-order valence-corrected chi connectivity index (χ3v) is 6.76. The Morgan fingerprint density at radius 1 is 0.694 bits per heavy atom. The Balaban J connectivity index is 1.51. The number of hydrogen-bond donors (Lipinski definition) is 0. The minimum atomic E-state index is -0.586. The maximum atomic E-state index is 15.2. The molecule has 0 aliphatic rings. The van der Waals surface area contributed by atoms with Gasteiger partial charge in [0.25, 0.3) is 0 Å². The van der Waals surface area contributed by atoms with Gasteiger partial charge in [-0.2, -0.15) is 5.26 Å². The fourth-order valence-corrected chi connectivity index (χ4v) is 4.69. The second-order valence-corrected chi connectivity index (χ2v) is 9.38. The first kappa shape index (κ1) is 25.5. The van der Waals surface area contributed by atoms with Gasteiger partial charge in [0, 0.05) is 5.39 Å². The second-order valence-electron chi connectivity index (χ2n) is 9.38. The van der Waals surface area contributed by atoms with E-state index in [0.717, 1.165) is 31.2 Å². The smallest absolute Gasteiger partial charge is 0.134 e. The average molecular weight is 486 g/mol. The number of hydrogen-bond acceptors (Lipinski definition) is 1. The van der Waals surface area contributed by atoms with Crippen LogP contribution in [0.15, 0.2) is 66.7 Å². The highest BCUT2D eigenvalue weighted by atomic mass is 19.1. The predicted octanol–water partition coefficient (Wildman–Crippen LogP) is 9.09. The third kappa shape index (κ3) is 5.97. The van der Waals surface area contributed by atoms with Gasteiger partial charge >= 0.3 is 0 Å². The molecule has 0 fully saturated rings. The molecule has 0 N–H and O–H groups in total. The van der Waals surface area contributed by atoms with Crippen molar-refractivity contribution in [3.8, 4) is 17.2 Å². The van der Waals surface area contributed by atoms with Crippen molar-refractivity contribution in [2.75, 3.05) is 0 Å². The molecule has 184 valence electrons. The van der Waals surface area contributed by atoms with E-state index in [4.69, 9.17) is 5.26 Å². The lowest BCUT2D eigenvalue weighted by molar-refractivity contribution is 0.581. The summed E-state index contributed by atoms with van der Waals surface area (Å²) >= 11 is 0. The summed E-state index contributed by atoms with van der Waals surface area (Å²) in [4.78, 5) is 0. The molecule has 4 aromatic carbocycles. The molecular weight excluding hydrogens is 455 g/mol. The normalized spacial score (nSPS) is 11.1. The highest BCUT2D eigenvalue weighted by molar-refractivity contribution is 5.88. The molecule has 0 unspecified atom stereocenters. The summed E-state index contributed by atoms with van der Waals surface area (Å²) in [7, 11) is 0. The van der Waals surface area contributed by atoms with Gasteiger partial charge in [0.1, 0.15) is 17.5 Å². The van der Waals surface area contributed by atoms with Crippen LogP contribution in [-0.2, 0) is 19.3 Å². The lowest BCUT2D eigenvalue weighted by Gasteiger charge is -2.11. The summed E-state index contributed by atoms with van der Waals surface area (Å²) in [5.74, 6) is -1.48. The standard InChI is InChI=1S/C32H30F3N/c1-2-3-4-5-6-7-24-18-29(33)31(30(34)19-24)27-16-17-28-26(20-27)15-14-25(32(28)35)13-12-22-8-10-23(21-36)11-9-22/h8-11,14-20H,2-7,12-13H2,1H3. The molecule has 4 rings (SSSR count). The van der Waals surface area contributed by atoms with Gasteiger partial charge in [-0.1, -0.05) is 69.0 Å². The van der Waals surface area contributed by atoms with Gasteiger partial charge < -0.3 is 0 Å². The zero-order chi connectivity index (χ0) is 25.5. The lowest BCUT2D eigenvalue weighted by Crippen LogP contribution is -1.97. The van der Waals surface area contributed by atoms with E-state index in [1.54, 1.807) is 42.5 Å². The molecule has 0 saturated heterocycles. The van der Waals surface area contributed by atoms with E-state index < -0.39 is 11.6 Å². The molecule has 1 nitrogen and oxygen atoms in total. The molecule has 0 spiro atoms. The van der Waals surface area contributed by atoms with Gasteiger partial charge in [-0.25, -0.2) is 13.2 Å². The van der Waals surface area contributed by atoms with Crippen LogP contribution in [0, 0.1) is 28.8 Å². The van der Waals surface area contributed by atoms with Gasteiger partial charge in [0.05, 0.1) is 17.2 Å². The van der Waals surface area contributed by atoms with Gasteiger partial charge in [0.15, 0.2) is 0 Å². The first-order valence-electron chi connectivity index (χ1n) is 12.7. The monoisotopic (exact) mass is 485 g/mol. The van der Waals surface area contributed by atoms with Crippen LogP contribution in [-0.4, -0.2) is 0 Å². The molecule has 36 heavy (non-hydrogen) atoms. The van der Waals surface area contributed by atoms with Crippen LogP contribution < -0.4 is 0 Å². The van der Waals surface area contributed by atoms with Crippen LogP contribution in [0.2, 0.25) is 0 Å². The first-order chi connectivity index (χ1) is 17.5. The first-order valence-corrected chi connectivity index (χ1v) is 12.7. The molecule has 4 aromatic rings. The van der Waals surface area contributed by atoms with E-state index in [9.17, 15) is 8.78 Å². The second kappa shape index (κ2) is 11.9. The highest BCUT2D eigenvalue weighted by Gasteiger charge is 2.15. The minimum absolute atomic E-state index is 0.0723. The average Bonchev–Trinajstić information content (AvgIpc) is 2.88. The van der Waals surface area contributed by atoms with E-state index >= 15 is 4.39 Å². The summed E-state index contributed by atoms with van der Waals surface area (Å²) in [5, 5.41) is 9.96. The SMILES string of the molecule is CCCCCCCc1cc(F)c(-c2ccc3c(F)c(CCc4ccc(C#N)cc4)ccc3c2)c(F)c1. The van der Waals surface area contributed by atoms with Crippen LogP contribution in [0.3, 0.4) is 0 Å². The number of benzene rings is 4. The number of rotatable bonds is 10. The zero-order valence-corrected chi connectivity index (χ0v) is 20.6. The Bertz CT molecular complexity index is 1360. The molecule has 0 aliphatic carbocycles. The number of nitriles is 1. The van der Waals surface area contributed by atoms with Crippen LogP contribution in [0.5, 0.6) is 0 Å². The van der Waals surface area contributed by atoms with Crippen LogP contribution >= 0.6 is 0 Å². The molecule has 0 amide bonds. The van der Waals surface area contributed by atoms with E-state index in [2.05, 4.69) is 13.0 Å². The van der Waals surface area contributed by atoms with E-state index in [1.165, 1.54) is 18.6 Å². The summed E-state index contributed by atoms with van der Waals surface area (Å²) in [6, 6.07) is 20.6. The van der Waals surface area contributed by atoms with Crippen molar-refractivity contribution in [2.45, 2.75) is 58.3 Å². The molecule has 0 saturated carbocycles. The zero-order valence-electron chi connectivity index (χ0n) is 20.6. The van der Waals surface area contributed by atoms with Crippen molar-refractivity contribution in [3.63, 3.8) is 0 Å².